The summed E-state index contributed by atoms with van der Waals surface area (Å²) in [5.74, 6) is 0. The molecule has 0 bridgehead atoms. The van der Waals surface area contributed by atoms with Crippen LogP contribution in [0.3, 0.4) is 0 Å². The minimum absolute atomic E-state index is 0.356. The molecule has 1 aromatic rings. The highest BCUT2D eigenvalue weighted by Crippen LogP contribution is 2.22. The molecule has 0 fully saturated rings. The molecule has 0 unspecified atom stereocenters. The van der Waals surface area contributed by atoms with Crippen molar-refractivity contribution in [3.8, 4) is 0 Å². The average molecular weight is 286 g/mol. The van der Waals surface area contributed by atoms with Gasteiger partial charge in [-0.3, -0.25) is 0 Å². The number of thiophene rings is 1. The predicted molar refractivity (Wildman–Crippen MR) is 78.0 cm³/mol. The molecule has 0 aliphatic rings. The molecule has 1 aromatic heterocycles. The molecule has 0 aliphatic heterocycles. The first-order valence-electron chi connectivity index (χ1n) is 5.54. The van der Waals surface area contributed by atoms with Crippen LogP contribution in [0.15, 0.2) is 5.38 Å². The van der Waals surface area contributed by atoms with Gasteiger partial charge in [0.25, 0.3) is 0 Å². The number of carbonyl (C=O) groups excluding carboxylic acids is 1. The molecule has 6 heteroatoms. The molecule has 1 heterocycles. The lowest BCUT2D eigenvalue weighted by Crippen LogP contribution is -2.32. The topological polar surface area (TPSA) is 64.3 Å². The summed E-state index contributed by atoms with van der Waals surface area (Å²) in [6, 6.07) is 0. The van der Waals surface area contributed by atoms with Gasteiger partial charge in [-0.2, -0.15) is 0 Å². The zero-order valence-corrected chi connectivity index (χ0v) is 12.6. The Bertz CT molecular complexity index is 461. The molecule has 1 rings (SSSR count). The highest BCUT2D eigenvalue weighted by Gasteiger charge is 2.17. The van der Waals surface area contributed by atoms with Crippen molar-refractivity contribution in [2.75, 3.05) is 0 Å². The molecule has 0 atom stereocenters. The van der Waals surface area contributed by atoms with Gasteiger partial charge in [0.2, 0.25) is 0 Å². The molecule has 100 valence electrons. The highest BCUT2D eigenvalue weighted by atomic mass is 32.1. The second-order valence-corrected chi connectivity index (χ2v) is 6.34. The van der Waals surface area contributed by atoms with Crippen molar-refractivity contribution >= 4 is 34.6 Å². The van der Waals surface area contributed by atoms with E-state index in [1.807, 2.05) is 33.1 Å². The number of aryl methyl sites for hydroxylation is 1. The molecule has 0 saturated carbocycles. The molecule has 0 aliphatic carbocycles. The molecule has 0 radical (unpaired) electrons. The molecule has 3 N–H and O–H groups in total. The summed E-state index contributed by atoms with van der Waals surface area (Å²) in [6.07, 6.45) is -0.442. The fourth-order valence-corrected chi connectivity index (χ4v) is 2.76. The molecule has 0 saturated heterocycles. The van der Waals surface area contributed by atoms with Crippen molar-refractivity contribution in [2.45, 2.75) is 39.8 Å². The first kappa shape index (κ1) is 14.9. The summed E-state index contributed by atoms with van der Waals surface area (Å²) >= 11 is 6.53. The van der Waals surface area contributed by atoms with Crippen molar-refractivity contribution < 1.29 is 9.53 Å². The molecular formula is C12H18N2O2S2. The van der Waals surface area contributed by atoms with E-state index in [4.69, 9.17) is 22.7 Å². The summed E-state index contributed by atoms with van der Waals surface area (Å²) < 4.78 is 5.16. The van der Waals surface area contributed by atoms with Crippen LogP contribution in [0.2, 0.25) is 0 Å². The van der Waals surface area contributed by atoms with Crippen LogP contribution in [0, 0.1) is 6.92 Å². The van der Waals surface area contributed by atoms with Crippen molar-refractivity contribution in [1.29, 1.82) is 0 Å². The van der Waals surface area contributed by atoms with Crippen LogP contribution in [-0.4, -0.2) is 16.7 Å². The van der Waals surface area contributed by atoms with Crippen molar-refractivity contribution in [3.63, 3.8) is 0 Å². The van der Waals surface area contributed by atoms with Gasteiger partial charge in [-0.15, -0.1) is 11.3 Å². The first-order valence-corrected chi connectivity index (χ1v) is 6.83. The van der Waals surface area contributed by atoms with E-state index in [1.54, 1.807) is 0 Å². The minimum atomic E-state index is -0.499. The van der Waals surface area contributed by atoms with Gasteiger partial charge in [-0.05, 0) is 38.6 Å². The van der Waals surface area contributed by atoms with Gasteiger partial charge >= 0.3 is 6.09 Å². The number of nitrogens with two attached hydrogens (primary N) is 1. The van der Waals surface area contributed by atoms with Gasteiger partial charge in [0.15, 0.2) is 0 Å². The number of ether oxygens (including phenoxy) is 1. The van der Waals surface area contributed by atoms with E-state index in [2.05, 4.69) is 5.32 Å². The normalized spacial score (nSPS) is 11.1. The lowest BCUT2D eigenvalue weighted by atomic mass is 10.1. The summed E-state index contributed by atoms with van der Waals surface area (Å²) in [5.41, 5.74) is 7.05. The Morgan fingerprint density at radius 3 is 2.67 bits per heavy atom. The van der Waals surface area contributed by atoms with Crippen molar-refractivity contribution in [1.82, 2.24) is 5.32 Å². The third-order valence-corrected chi connectivity index (χ3v) is 3.40. The third kappa shape index (κ3) is 4.27. The van der Waals surface area contributed by atoms with Crippen LogP contribution < -0.4 is 11.1 Å². The molecule has 0 spiro atoms. The SMILES string of the molecule is Cc1csc(CNC(=O)OC(C)(C)C)c1C(N)=S. The van der Waals surface area contributed by atoms with E-state index >= 15 is 0 Å². The van der Waals surface area contributed by atoms with Crippen LogP contribution in [0.5, 0.6) is 0 Å². The van der Waals surface area contributed by atoms with Crippen LogP contribution in [0.1, 0.15) is 36.8 Å². The summed E-state index contributed by atoms with van der Waals surface area (Å²) in [5, 5.41) is 4.67. The Morgan fingerprint density at radius 2 is 2.17 bits per heavy atom. The summed E-state index contributed by atoms with van der Waals surface area (Å²) in [6.45, 7) is 7.79. The van der Waals surface area contributed by atoms with E-state index in [0.29, 0.717) is 11.5 Å². The van der Waals surface area contributed by atoms with Gasteiger partial charge in [-0.1, -0.05) is 12.2 Å². The fraction of sp³-hybridized carbons (Fsp3) is 0.500. The fourth-order valence-electron chi connectivity index (χ4n) is 1.43. The van der Waals surface area contributed by atoms with E-state index in [0.717, 1.165) is 16.0 Å². The van der Waals surface area contributed by atoms with E-state index in [-0.39, 0.29) is 0 Å². The molecule has 1 amide bonds. The zero-order valence-electron chi connectivity index (χ0n) is 11.0. The third-order valence-electron chi connectivity index (χ3n) is 2.09. The number of nitrogens with one attached hydrogen (secondary N) is 1. The Labute approximate surface area is 117 Å². The Kier molecular flexibility index (Phi) is 4.70. The maximum absolute atomic E-state index is 11.5. The van der Waals surface area contributed by atoms with Gasteiger partial charge in [0, 0.05) is 10.4 Å². The van der Waals surface area contributed by atoms with Crippen LogP contribution in [-0.2, 0) is 11.3 Å². The van der Waals surface area contributed by atoms with Crippen LogP contribution >= 0.6 is 23.6 Å². The molecule has 0 aromatic carbocycles. The lowest BCUT2D eigenvalue weighted by Gasteiger charge is -2.19. The molecule has 4 nitrogen and oxygen atoms in total. The van der Waals surface area contributed by atoms with Crippen LogP contribution in [0.25, 0.3) is 0 Å². The highest BCUT2D eigenvalue weighted by molar-refractivity contribution is 7.80. The smallest absolute Gasteiger partial charge is 0.407 e. The lowest BCUT2D eigenvalue weighted by molar-refractivity contribution is 0.0524. The minimum Gasteiger partial charge on any atom is -0.444 e. The van der Waals surface area contributed by atoms with Gasteiger partial charge in [0.1, 0.15) is 10.6 Å². The monoisotopic (exact) mass is 286 g/mol. The number of rotatable bonds is 3. The van der Waals surface area contributed by atoms with Gasteiger partial charge in [-0.25, -0.2) is 4.79 Å². The summed E-state index contributed by atoms with van der Waals surface area (Å²) in [7, 11) is 0. The van der Waals surface area contributed by atoms with E-state index in [1.165, 1.54) is 11.3 Å². The predicted octanol–water partition coefficient (Wildman–Crippen LogP) is 2.72. The van der Waals surface area contributed by atoms with Gasteiger partial charge < -0.3 is 15.8 Å². The van der Waals surface area contributed by atoms with Crippen molar-refractivity contribution in [3.05, 3.63) is 21.4 Å². The van der Waals surface area contributed by atoms with E-state index < -0.39 is 11.7 Å². The number of hydrogen-bond acceptors (Lipinski definition) is 4. The van der Waals surface area contributed by atoms with Gasteiger partial charge in [0.05, 0.1) is 6.54 Å². The Balaban J connectivity index is 2.65. The average Bonchev–Trinajstić information content (AvgIpc) is 2.54. The van der Waals surface area contributed by atoms with Crippen molar-refractivity contribution in [2.24, 2.45) is 5.73 Å². The Hall–Kier alpha value is -1.14. The number of thiocarbonyl (C=S) groups is 1. The maximum atomic E-state index is 11.5. The number of amides is 1. The second kappa shape index (κ2) is 5.67. The number of hydrogen-bond donors (Lipinski definition) is 2. The molecular weight excluding hydrogens is 268 g/mol. The second-order valence-electron chi connectivity index (χ2n) is 4.94. The molecule has 18 heavy (non-hydrogen) atoms. The number of carbonyl (C=O) groups is 1. The largest absolute Gasteiger partial charge is 0.444 e. The van der Waals surface area contributed by atoms with Crippen LogP contribution in [0.4, 0.5) is 4.79 Å². The quantitative estimate of drug-likeness (QED) is 0.839. The standard InChI is InChI=1S/C12H18N2O2S2/c1-7-6-18-8(9(7)10(13)17)5-14-11(15)16-12(2,3)4/h6H,5H2,1-4H3,(H2,13,17)(H,14,15). The summed E-state index contributed by atoms with van der Waals surface area (Å²) in [4.78, 5) is 12.8. The Morgan fingerprint density at radius 1 is 1.56 bits per heavy atom. The number of alkyl carbamates (subject to hydrolysis) is 1. The maximum Gasteiger partial charge on any atom is 0.407 e. The zero-order chi connectivity index (χ0) is 13.9. The van der Waals surface area contributed by atoms with E-state index in [9.17, 15) is 4.79 Å². The first-order chi connectivity index (χ1) is 8.20.